The molecule has 0 aromatic heterocycles. The van der Waals surface area contributed by atoms with E-state index in [1.54, 1.807) is 0 Å². The Morgan fingerprint density at radius 3 is 2.25 bits per heavy atom. The van der Waals surface area contributed by atoms with Crippen LogP contribution in [0.2, 0.25) is 0 Å². The van der Waals surface area contributed by atoms with E-state index < -0.39 is 11.6 Å². The second-order valence-electron chi connectivity index (χ2n) is 4.88. The lowest BCUT2D eigenvalue weighted by Crippen LogP contribution is -2.22. The van der Waals surface area contributed by atoms with Gasteiger partial charge in [-0.05, 0) is 31.5 Å². The highest BCUT2D eigenvalue weighted by molar-refractivity contribution is 7.99. The highest BCUT2D eigenvalue weighted by Crippen LogP contribution is 2.38. The summed E-state index contributed by atoms with van der Waals surface area (Å²) < 4.78 is 26.7. The molecule has 0 bridgehead atoms. The molecule has 0 aliphatic carbocycles. The van der Waals surface area contributed by atoms with Gasteiger partial charge >= 0.3 is 0 Å². The minimum absolute atomic E-state index is 0.0736. The quantitative estimate of drug-likeness (QED) is 0.843. The third-order valence-corrected chi connectivity index (χ3v) is 4.57. The van der Waals surface area contributed by atoms with Crippen LogP contribution in [0.15, 0.2) is 47.4 Å². The van der Waals surface area contributed by atoms with Gasteiger partial charge in [0, 0.05) is 22.3 Å². The van der Waals surface area contributed by atoms with Gasteiger partial charge in [0.1, 0.15) is 11.6 Å². The lowest BCUT2D eigenvalue weighted by molar-refractivity contribution is 0.565. The van der Waals surface area contributed by atoms with Crippen LogP contribution in [0.25, 0.3) is 0 Å². The molecule has 0 amide bonds. The first kappa shape index (κ1) is 15.0. The van der Waals surface area contributed by atoms with Crippen molar-refractivity contribution in [1.82, 2.24) is 0 Å². The molecule has 2 aromatic carbocycles. The first-order chi connectivity index (χ1) is 9.47. The molecule has 0 heterocycles. The fourth-order valence-electron chi connectivity index (χ4n) is 1.94. The van der Waals surface area contributed by atoms with Gasteiger partial charge in [0.05, 0.1) is 0 Å². The highest BCUT2D eigenvalue weighted by atomic mass is 32.2. The topological polar surface area (TPSA) is 26.0 Å². The van der Waals surface area contributed by atoms with Gasteiger partial charge in [0.2, 0.25) is 0 Å². The molecule has 0 radical (unpaired) electrons. The largest absolute Gasteiger partial charge is 0.327 e. The zero-order chi connectivity index (χ0) is 14.7. The lowest BCUT2D eigenvalue weighted by atomic mass is 10.1. The summed E-state index contributed by atoms with van der Waals surface area (Å²) in [5.74, 6) is -1.12. The van der Waals surface area contributed by atoms with Crippen molar-refractivity contribution >= 4 is 11.8 Å². The van der Waals surface area contributed by atoms with Crippen LogP contribution in [-0.4, -0.2) is 6.04 Å². The molecule has 0 saturated heterocycles. The summed E-state index contributed by atoms with van der Waals surface area (Å²) in [7, 11) is 0. The molecule has 4 heteroatoms. The zero-order valence-corrected chi connectivity index (χ0v) is 12.3. The molecule has 0 fully saturated rings. The van der Waals surface area contributed by atoms with Gasteiger partial charge in [-0.1, -0.05) is 29.8 Å². The van der Waals surface area contributed by atoms with Gasteiger partial charge in [-0.3, -0.25) is 0 Å². The number of thioether (sulfide) groups is 1. The number of halogens is 2. The zero-order valence-electron chi connectivity index (χ0n) is 11.4. The fourth-order valence-corrected chi connectivity index (χ4v) is 3.04. The summed E-state index contributed by atoms with van der Waals surface area (Å²) in [4.78, 5) is 0.411. The maximum atomic E-state index is 13.8. The highest BCUT2D eigenvalue weighted by Gasteiger charge is 2.19. The first-order valence-corrected chi connectivity index (χ1v) is 7.29. The number of nitrogens with two attached hydrogens (primary N) is 1. The average molecular weight is 293 g/mol. The van der Waals surface area contributed by atoms with Crippen molar-refractivity contribution in [3.8, 4) is 0 Å². The summed E-state index contributed by atoms with van der Waals surface area (Å²) in [6.45, 7) is 3.90. The number of hydrogen-bond acceptors (Lipinski definition) is 2. The van der Waals surface area contributed by atoms with E-state index in [1.165, 1.54) is 23.9 Å². The average Bonchev–Trinajstić information content (AvgIpc) is 2.39. The van der Waals surface area contributed by atoms with Crippen LogP contribution in [0.1, 0.15) is 23.3 Å². The summed E-state index contributed by atoms with van der Waals surface area (Å²) in [5.41, 5.74) is 8.22. The third-order valence-electron chi connectivity index (χ3n) is 3.03. The summed E-state index contributed by atoms with van der Waals surface area (Å²) >= 11 is 1.32. The van der Waals surface area contributed by atoms with Gasteiger partial charge in [-0.25, -0.2) is 8.78 Å². The van der Waals surface area contributed by atoms with Crippen LogP contribution in [0.3, 0.4) is 0 Å². The van der Waals surface area contributed by atoms with Crippen molar-refractivity contribution in [3.05, 3.63) is 65.2 Å². The molecule has 2 N–H and O–H groups in total. The first-order valence-electron chi connectivity index (χ1n) is 6.41. The summed E-state index contributed by atoms with van der Waals surface area (Å²) in [5, 5.41) is -0.0736. The fraction of sp³-hybridized carbons (Fsp3) is 0.250. The van der Waals surface area contributed by atoms with Crippen LogP contribution in [0.5, 0.6) is 0 Å². The normalized spacial score (nSPS) is 14.1. The smallest absolute Gasteiger partial charge is 0.139 e. The predicted molar refractivity (Wildman–Crippen MR) is 79.8 cm³/mol. The second-order valence-corrected chi connectivity index (χ2v) is 6.07. The van der Waals surface area contributed by atoms with Crippen molar-refractivity contribution in [2.45, 2.75) is 30.0 Å². The Kier molecular flexibility index (Phi) is 4.78. The van der Waals surface area contributed by atoms with Gasteiger partial charge in [-0.2, -0.15) is 0 Å². The predicted octanol–water partition coefficient (Wildman–Crippen LogP) is 4.45. The number of aryl methyl sites for hydroxylation is 1. The minimum Gasteiger partial charge on any atom is -0.327 e. The molecule has 1 nitrogen and oxygen atoms in total. The molecule has 2 rings (SSSR count). The Bertz CT molecular complexity index is 582. The Morgan fingerprint density at radius 2 is 1.70 bits per heavy atom. The number of rotatable bonds is 4. The van der Waals surface area contributed by atoms with Crippen molar-refractivity contribution in [2.24, 2.45) is 5.73 Å². The van der Waals surface area contributed by atoms with Crippen LogP contribution in [0.4, 0.5) is 8.78 Å². The SMILES string of the molecule is Cc1ccc(C(Sc2ccc(F)cc2F)C(C)N)cc1. The monoisotopic (exact) mass is 293 g/mol. The van der Waals surface area contributed by atoms with Gasteiger partial charge in [0.25, 0.3) is 0 Å². The van der Waals surface area contributed by atoms with Crippen molar-refractivity contribution < 1.29 is 8.78 Å². The summed E-state index contributed by atoms with van der Waals surface area (Å²) in [6.07, 6.45) is 0. The number of hydrogen-bond donors (Lipinski definition) is 1. The Balaban J connectivity index is 2.28. The van der Waals surface area contributed by atoms with Gasteiger partial charge < -0.3 is 5.73 Å². The van der Waals surface area contributed by atoms with E-state index in [-0.39, 0.29) is 11.3 Å². The van der Waals surface area contributed by atoms with E-state index in [0.717, 1.165) is 17.2 Å². The molecular weight excluding hydrogens is 276 g/mol. The Hall–Kier alpha value is -1.39. The van der Waals surface area contributed by atoms with Gasteiger partial charge in [-0.15, -0.1) is 11.8 Å². The maximum Gasteiger partial charge on any atom is 0.139 e. The Labute approximate surface area is 122 Å². The van der Waals surface area contributed by atoms with Crippen molar-refractivity contribution in [1.29, 1.82) is 0 Å². The minimum atomic E-state index is -0.570. The van der Waals surface area contributed by atoms with E-state index in [1.807, 2.05) is 38.1 Å². The van der Waals surface area contributed by atoms with Crippen LogP contribution in [0, 0.1) is 18.6 Å². The molecule has 2 aromatic rings. The molecule has 0 aliphatic rings. The second kappa shape index (κ2) is 6.37. The molecule has 0 saturated carbocycles. The molecule has 2 atom stereocenters. The summed E-state index contributed by atoms with van der Waals surface area (Å²) in [6, 6.07) is 11.5. The van der Waals surface area contributed by atoms with Crippen molar-refractivity contribution in [3.63, 3.8) is 0 Å². The number of benzene rings is 2. The molecule has 20 heavy (non-hydrogen) atoms. The van der Waals surface area contributed by atoms with E-state index in [4.69, 9.17) is 5.73 Å². The third kappa shape index (κ3) is 3.58. The molecule has 0 spiro atoms. The molecule has 106 valence electrons. The standard InChI is InChI=1S/C16H17F2NS/c1-10-3-5-12(6-4-10)16(11(2)19)20-15-8-7-13(17)9-14(15)18/h3-9,11,16H,19H2,1-2H3. The van der Waals surface area contributed by atoms with Crippen LogP contribution < -0.4 is 5.73 Å². The van der Waals surface area contributed by atoms with E-state index in [0.29, 0.717) is 4.90 Å². The molecular formula is C16H17F2NS. The molecule has 2 unspecified atom stereocenters. The van der Waals surface area contributed by atoms with Gasteiger partial charge in [0.15, 0.2) is 0 Å². The maximum absolute atomic E-state index is 13.8. The Morgan fingerprint density at radius 1 is 1.05 bits per heavy atom. The van der Waals surface area contributed by atoms with Crippen molar-refractivity contribution in [2.75, 3.05) is 0 Å². The van der Waals surface area contributed by atoms with Crippen LogP contribution >= 0.6 is 11.8 Å². The van der Waals surface area contributed by atoms with Crippen LogP contribution in [-0.2, 0) is 0 Å². The molecule has 0 aliphatic heterocycles. The lowest BCUT2D eigenvalue weighted by Gasteiger charge is -2.21. The van der Waals surface area contributed by atoms with E-state index >= 15 is 0 Å². The van der Waals surface area contributed by atoms with E-state index in [9.17, 15) is 8.78 Å². The van der Waals surface area contributed by atoms with E-state index in [2.05, 4.69) is 0 Å².